The molecule has 0 N–H and O–H groups in total. The first-order valence-corrected chi connectivity index (χ1v) is 6.93. The van der Waals surface area contributed by atoms with E-state index in [4.69, 9.17) is 0 Å². The van der Waals surface area contributed by atoms with Crippen LogP contribution in [-0.4, -0.2) is 46.0 Å². The van der Waals surface area contributed by atoms with Crippen molar-refractivity contribution in [2.24, 2.45) is 0 Å². The van der Waals surface area contributed by atoms with Gasteiger partial charge in [0.2, 0.25) is 0 Å². The molecule has 3 aromatic rings. The number of carbonyl (C=O) groups excluding carboxylic acids is 1. The minimum absolute atomic E-state index is 0.666. The molecule has 3 rings (SSSR count). The Balaban J connectivity index is 2.02. The Hall–Kier alpha value is -2.40. The second-order valence-corrected chi connectivity index (χ2v) is 5.33. The van der Waals surface area contributed by atoms with E-state index >= 15 is 0 Å². The zero-order chi connectivity index (χ0) is 14.8. The second kappa shape index (κ2) is 5.54. The van der Waals surface area contributed by atoms with Crippen LogP contribution < -0.4 is 0 Å². The lowest BCUT2D eigenvalue weighted by Gasteiger charge is -2.08. The predicted octanol–water partition coefficient (Wildman–Crippen LogP) is 2.18. The molecule has 3 aromatic heterocycles. The van der Waals surface area contributed by atoms with Gasteiger partial charge in [-0.2, -0.15) is 5.10 Å². The molecule has 0 aliphatic heterocycles. The number of hydrogen-bond acceptors (Lipinski definition) is 3. The molecule has 0 atom stereocenters. The van der Waals surface area contributed by atoms with Crippen molar-refractivity contribution in [2.75, 3.05) is 20.6 Å². The highest BCUT2D eigenvalue weighted by molar-refractivity contribution is 5.89. The molecule has 0 aliphatic carbocycles. The van der Waals surface area contributed by atoms with Crippen molar-refractivity contribution in [3.63, 3.8) is 0 Å². The van der Waals surface area contributed by atoms with Gasteiger partial charge in [0.25, 0.3) is 0 Å². The summed E-state index contributed by atoms with van der Waals surface area (Å²) in [6.45, 7) is 1.75. The fraction of sp³-hybridized carbons (Fsp3) is 0.250. The molecule has 0 saturated carbocycles. The van der Waals surface area contributed by atoms with Gasteiger partial charge < -0.3 is 9.30 Å². The van der Waals surface area contributed by atoms with Crippen molar-refractivity contribution < 1.29 is 4.79 Å². The lowest BCUT2D eigenvalue weighted by atomic mass is 10.2. The predicted molar refractivity (Wildman–Crippen MR) is 82.6 cm³/mol. The molecule has 5 heteroatoms. The summed E-state index contributed by atoms with van der Waals surface area (Å²) in [4.78, 5) is 13.5. The van der Waals surface area contributed by atoms with Crippen LogP contribution in [0.4, 0.5) is 0 Å². The monoisotopic (exact) mass is 282 g/mol. The number of likely N-dealkylation sites (N-methyl/N-ethyl adjacent to an activating group) is 1. The Morgan fingerprint density at radius 1 is 1.24 bits per heavy atom. The van der Waals surface area contributed by atoms with Crippen molar-refractivity contribution in [1.82, 2.24) is 19.1 Å². The van der Waals surface area contributed by atoms with Crippen molar-refractivity contribution >= 4 is 11.8 Å². The van der Waals surface area contributed by atoms with Crippen LogP contribution in [0, 0.1) is 0 Å². The fourth-order valence-electron chi connectivity index (χ4n) is 2.42. The third-order valence-electron chi connectivity index (χ3n) is 3.50. The molecular formula is C16H18N4O. The van der Waals surface area contributed by atoms with Crippen LogP contribution in [0.3, 0.4) is 0 Å². The molecule has 0 aliphatic rings. The van der Waals surface area contributed by atoms with Gasteiger partial charge in [-0.3, -0.25) is 9.48 Å². The standard InChI is InChI=1S/C16H18N4O/c1-18(2)9-10-19-8-6-15(17-19)16-13(12-21)11-14-5-3-4-7-20(14)16/h3-8,11-12H,9-10H2,1-2H3. The number of pyridine rings is 1. The topological polar surface area (TPSA) is 42.5 Å². The van der Waals surface area contributed by atoms with E-state index in [1.54, 1.807) is 0 Å². The van der Waals surface area contributed by atoms with Gasteiger partial charge in [-0.1, -0.05) is 6.07 Å². The van der Waals surface area contributed by atoms with Crippen LogP contribution in [0.5, 0.6) is 0 Å². The van der Waals surface area contributed by atoms with Crippen LogP contribution in [-0.2, 0) is 6.54 Å². The summed E-state index contributed by atoms with van der Waals surface area (Å²) in [6, 6.07) is 9.75. The van der Waals surface area contributed by atoms with Gasteiger partial charge in [0.15, 0.2) is 6.29 Å². The summed E-state index contributed by atoms with van der Waals surface area (Å²) < 4.78 is 3.91. The number of aldehydes is 1. The average molecular weight is 282 g/mol. The van der Waals surface area contributed by atoms with Gasteiger partial charge >= 0.3 is 0 Å². The van der Waals surface area contributed by atoms with E-state index in [0.29, 0.717) is 5.56 Å². The summed E-state index contributed by atoms with van der Waals surface area (Å²) in [6.07, 6.45) is 4.80. The Labute approximate surface area is 123 Å². The molecule has 0 spiro atoms. The first-order valence-electron chi connectivity index (χ1n) is 6.93. The molecule has 3 heterocycles. The fourth-order valence-corrected chi connectivity index (χ4v) is 2.42. The number of hydrogen-bond donors (Lipinski definition) is 0. The Bertz CT molecular complexity index is 770. The van der Waals surface area contributed by atoms with E-state index in [-0.39, 0.29) is 0 Å². The van der Waals surface area contributed by atoms with Crippen molar-refractivity contribution in [3.8, 4) is 11.4 Å². The minimum atomic E-state index is 0.666. The van der Waals surface area contributed by atoms with Crippen LogP contribution in [0.15, 0.2) is 42.7 Å². The van der Waals surface area contributed by atoms with Gasteiger partial charge in [0.1, 0.15) is 5.69 Å². The van der Waals surface area contributed by atoms with E-state index in [0.717, 1.165) is 36.3 Å². The second-order valence-electron chi connectivity index (χ2n) is 5.33. The number of carbonyl (C=O) groups is 1. The smallest absolute Gasteiger partial charge is 0.152 e. The molecule has 108 valence electrons. The van der Waals surface area contributed by atoms with E-state index in [1.807, 2.05) is 65.9 Å². The van der Waals surface area contributed by atoms with E-state index in [1.165, 1.54) is 0 Å². The molecule has 0 radical (unpaired) electrons. The Morgan fingerprint density at radius 2 is 2.10 bits per heavy atom. The van der Waals surface area contributed by atoms with Gasteiger partial charge in [0.05, 0.1) is 12.2 Å². The third kappa shape index (κ3) is 2.60. The highest BCUT2D eigenvalue weighted by atomic mass is 16.1. The number of rotatable bonds is 5. The van der Waals surface area contributed by atoms with Gasteiger partial charge in [0, 0.05) is 30.0 Å². The number of nitrogens with zero attached hydrogens (tertiary/aromatic N) is 4. The quantitative estimate of drug-likeness (QED) is 0.674. The zero-order valence-corrected chi connectivity index (χ0v) is 12.2. The van der Waals surface area contributed by atoms with Crippen LogP contribution in [0.1, 0.15) is 10.4 Å². The van der Waals surface area contributed by atoms with Crippen LogP contribution in [0.2, 0.25) is 0 Å². The summed E-state index contributed by atoms with van der Waals surface area (Å²) in [5.41, 5.74) is 3.34. The van der Waals surface area contributed by atoms with E-state index in [2.05, 4.69) is 10.00 Å². The largest absolute Gasteiger partial charge is 0.314 e. The SMILES string of the molecule is CN(C)CCn1ccc(-c2c(C=O)cc3ccccn23)n1. The first-order chi connectivity index (χ1) is 10.2. The first kappa shape index (κ1) is 13.6. The molecule has 21 heavy (non-hydrogen) atoms. The van der Waals surface area contributed by atoms with Crippen LogP contribution >= 0.6 is 0 Å². The summed E-state index contributed by atoms with van der Waals surface area (Å²) in [5.74, 6) is 0. The Morgan fingerprint density at radius 3 is 2.86 bits per heavy atom. The van der Waals surface area contributed by atoms with E-state index < -0.39 is 0 Å². The number of aromatic nitrogens is 3. The van der Waals surface area contributed by atoms with Crippen molar-refractivity contribution in [2.45, 2.75) is 6.54 Å². The third-order valence-corrected chi connectivity index (χ3v) is 3.50. The van der Waals surface area contributed by atoms with Gasteiger partial charge in [-0.15, -0.1) is 0 Å². The molecular weight excluding hydrogens is 264 g/mol. The van der Waals surface area contributed by atoms with Crippen molar-refractivity contribution in [3.05, 3.63) is 48.3 Å². The molecule has 0 amide bonds. The summed E-state index contributed by atoms with van der Waals surface area (Å²) in [5, 5.41) is 4.59. The molecule has 0 bridgehead atoms. The zero-order valence-electron chi connectivity index (χ0n) is 12.2. The minimum Gasteiger partial charge on any atom is -0.314 e. The van der Waals surface area contributed by atoms with Crippen molar-refractivity contribution in [1.29, 1.82) is 0 Å². The highest BCUT2D eigenvalue weighted by Gasteiger charge is 2.13. The maximum Gasteiger partial charge on any atom is 0.152 e. The van der Waals surface area contributed by atoms with Gasteiger partial charge in [-0.25, -0.2) is 0 Å². The molecule has 0 unspecified atom stereocenters. The average Bonchev–Trinajstić information content (AvgIpc) is 3.08. The highest BCUT2D eigenvalue weighted by Crippen LogP contribution is 2.25. The molecule has 0 aromatic carbocycles. The lowest BCUT2D eigenvalue weighted by molar-refractivity contribution is 0.112. The van der Waals surface area contributed by atoms with E-state index in [9.17, 15) is 4.79 Å². The summed E-state index contributed by atoms with van der Waals surface area (Å²) >= 11 is 0. The molecule has 5 nitrogen and oxygen atoms in total. The van der Waals surface area contributed by atoms with Crippen LogP contribution in [0.25, 0.3) is 16.9 Å². The maximum absolute atomic E-state index is 11.3. The molecule has 0 saturated heterocycles. The maximum atomic E-state index is 11.3. The Kier molecular flexibility index (Phi) is 3.58. The lowest BCUT2D eigenvalue weighted by Crippen LogP contribution is -2.18. The normalized spacial score (nSPS) is 11.4. The van der Waals surface area contributed by atoms with Gasteiger partial charge in [-0.05, 0) is 38.4 Å². The number of fused-ring (bicyclic) bond motifs is 1. The summed E-state index contributed by atoms with van der Waals surface area (Å²) in [7, 11) is 4.07. The molecule has 0 fully saturated rings.